The molecule has 0 fully saturated rings. The van der Waals surface area contributed by atoms with Gasteiger partial charge in [-0.15, -0.1) is 0 Å². The molecule has 104 valence electrons. The first kappa shape index (κ1) is 14.2. The topological polar surface area (TPSA) is 50.4 Å². The number of hydrogen-bond donors (Lipinski definition) is 2. The van der Waals surface area contributed by atoms with Gasteiger partial charge in [0.2, 0.25) is 0 Å². The molecule has 1 aromatic carbocycles. The molecular formula is C14H19BrN2O2. The van der Waals surface area contributed by atoms with Gasteiger partial charge in [0.1, 0.15) is 5.60 Å². The average molecular weight is 327 g/mol. The van der Waals surface area contributed by atoms with Crippen molar-refractivity contribution in [3.8, 4) is 0 Å². The monoisotopic (exact) mass is 326 g/mol. The number of ether oxygens (including phenoxy) is 1. The Hall–Kier alpha value is -1.23. The standard InChI is InChI=1S/C14H19BrN2O2/c1-14(2,3)19-13(18)17-11-7-9-6-10(15)4-5-12(9)16-8-11/h4-6,11,16H,7-8H2,1-3H3,(H,17,18)/t11-/m0/s1. The zero-order chi connectivity index (χ0) is 14.0. The van der Waals surface area contributed by atoms with E-state index >= 15 is 0 Å². The minimum atomic E-state index is -0.465. The van der Waals surface area contributed by atoms with Crippen LogP contribution in [0.25, 0.3) is 0 Å². The zero-order valence-electron chi connectivity index (χ0n) is 11.4. The summed E-state index contributed by atoms with van der Waals surface area (Å²) < 4.78 is 6.31. The van der Waals surface area contributed by atoms with Crippen molar-refractivity contribution < 1.29 is 9.53 Å². The van der Waals surface area contributed by atoms with Crippen molar-refractivity contribution in [2.24, 2.45) is 0 Å². The molecule has 1 aliphatic heterocycles. The van der Waals surface area contributed by atoms with E-state index in [1.807, 2.05) is 32.9 Å². The highest BCUT2D eigenvalue weighted by atomic mass is 79.9. The molecule has 19 heavy (non-hydrogen) atoms. The minimum Gasteiger partial charge on any atom is -0.444 e. The molecule has 0 saturated carbocycles. The summed E-state index contributed by atoms with van der Waals surface area (Å²) in [5.74, 6) is 0. The number of hydrogen-bond acceptors (Lipinski definition) is 3. The van der Waals surface area contributed by atoms with Crippen molar-refractivity contribution in [1.82, 2.24) is 5.32 Å². The molecule has 0 aromatic heterocycles. The second-order valence-electron chi connectivity index (χ2n) is 5.73. The lowest BCUT2D eigenvalue weighted by Gasteiger charge is -2.28. The van der Waals surface area contributed by atoms with E-state index in [0.717, 1.165) is 16.6 Å². The van der Waals surface area contributed by atoms with E-state index in [0.29, 0.717) is 6.54 Å². The van der Waals surface area contributed by atoms with Gasteiger partial charge in [-0.25, -0.2) is 4.79 Å². The van der Waals surface area contributed by atoms with Gasteiger partial charge in [-0.3, -0.25) is 0 Å². The quantitative estimate of drug-likeness (QED) is 0.832. The first-order chi connectivity index (χ1) is 8.83. The van der Waals surface area contributed by atoms with Gasteiger partial charge in [-0.05, 0) is 51.0 Å². The molecule has 4 nitrogen and oxygen atoms in total. The normalized spacial score (nSPS) is 18.2. The number of halogens is 1. The number of rotatable bonds is 1. The van der Waals surface area contributed by atoms with Crippen LogP contribution in [0.1, 0.15) is 26.3 Å². The van der Waals surface area contributed by atoms with Crippen molar-refractivity contribution in [2.45, 2.75) is 38.8 Å². The predicted octanol–water partition coefficient (Wildman–Crippen LogP) is 3.31. The number of benzene rings is 1. The van der Waals surface area contributed by atoms with E-state index in [9.17, 15) is 4.79 Å². The number of amides is 1. The van der Waals surface area contributed by atoms with Crippen LogP contribution < -0.4 is 10.6 Å². The Bertz CT molecular complexity index is 483. The van der Waals surface area contributed by atoms with Gasteiger partial charge < -0.3 is 15.4 Å². The summed E-state index contributed by atoms with van der Waals surface area (Å²) in [5.41, 5.74) is 1.86. The smallest absolute Gasteiger partial charge is 0.407 e. The predicted molar refractivity (Wildman–Crippen MR) is 79.5 cm³/mol. The Balaban J connectivity index is 1.96. The number of fused-ring (bicyclic) bond motifs is 1. The first-order valence-electron chi connectivity index (χ1n) is 6.35. The van der Waals surface area contributed by atoms with E-state index in [1.165, 1.54) is 5.56 Å². The molecule has 1 atom stereocenters. The van der Waals surface area contributed by atoms with Crippen LogP contribution in [0, 0.1) is 0 Å². The Morgan fingerprint density at radius 2 is 2.21 bits per heavy atom. The van der Waals surface area contributed by atoms with Gasteiger partial charge >= 0.3 is 6.09 Å². The highest BCUT2D eigenvalue weighted by Gasteiger charge is 2.23. The Morgan fingerprint density at radius 1 is 1.47 bits per heavy atom. The van der Waals surface area contributed by atoms with Crippen molar-refractivity contribution in [3.63, 3.8) is 0 Å². The summed E-state index contributed by atoms with van der Waals surface area (Å²) in [5, 5.41) is 6.21. The second-order valence-corrected chi connectivity index (χ2v) is 6.65. The van der Waals surface area contributed by atoms with Gasteiger partial charge in [0, 0.05) is 16.7 Å². The van der Waals surface area contributed by atoms with E-state index in [-0.39, 0.29) is 12.1 Å². The molecule has 1 amide bonds. The van der Waals surface area contributed by atoms with E-state index in [4.69, 9.17) is 4.74 Å². The highest BCUT2D eigenvalue weighted by Crippen LogP contribution is 2.25. The molecule has 1 aromatic rings. The molecule has 0 radical (unpaired) electrons. The van der Waals surface area contributed by atoms with Crippen LogP contribution in [0.2, 0.25) is 0 Å². The molecule has 1 aliphatic rings. The van der Waals surface area contributed by atoms with Gasteiger partial charge in [0.25, 0.3) is 0 Å². The fourth-order valence-corrected chi connectivity index (χ4v) is 2.46. The van der Waals surface area contributed by atoms with Crippen LogP contribution in [-0.2, 0) is 11.2 Å². The molecule has 0 bridgehead atoms. The Labute approximate surface area is 122 Å². The van der Waals surface area contributed by atoms with Gasteiger partial charge in [0.15, 0.2) is 0 Å². The van der Waals surface area contributed by atoms with Crippen LogP contribution in [0.4, 0.5) is 10.5 Å². The third kappa shape index (κ3) is 4.13. The molecule has 0 spiro atoms. The largest absolute Gasteiger partial charge is 0.444 e. The maximum absolute atomic E-state index is 11.7. The second kappa shape index (κ2) is 5.41. The summed E-state index contributed by atoms with van der Waals surface area (Å²) >= 11 is 3.46. The number of alkyl carbamates (subject to hydrolysis) is 1. The average Bonchev–Trinajstić information content (AvgIpc) is 2.25. The number of nitrogens with one attached hydrogen (secondary N) is 2. The van der Waals surface area contributed by atoms with Crippen LogP contribution in [0.15, 0.2) is 22.7 Å². The number of carbonyl (C=O) groups excluding carboxylic acids is 1. The lowest BCUT2D eigenvalue weighted by molar-refractivity contribution is 0.0506. The molecule has 2 N–H and O–H groups in total. The molecular weight excluding hydrogens is 308 g/mol. The van der Waals surface area contributed by atoms with Gasteiger partial charge in [-0.1, -0.05) is 15.9 Å². The summed E-state index contributed by atoms with van der Waals surface area (Å²) in [7, 11) is 0. The first-order valence-corrected chi connectivity index (χ1v) is 7.14. The summed E-state index contributed by atoms with van der Waals surface area (Å²) in [6.07, 6.45) is 0.443. The van der Waals surface area contributed by atoms with Gasteiger partial charge in [0.05, 0.1) is 6.04 Å². The summed E-state index contributed by atoms with van der Waals surface area (Å²) in [6, 6.07) is 6.18. The third-order valence-electron chi connectivity index (χ3n) is 2.79. The third-order valence-corrected chi connectivity index (χ3v) is 3.29. The minimum absolute atomic E-state index is 0.0525. The molecule has 5 heteroatoms. The number of carbonyl (C=O) groups is 1. The van der Waals surface area contributed by atoms with Crippen molar-refractivity contribution >= 4 is 27.7 Å². The molecule has 0 saturated heterocycles. The van der Waals surface area contributed by atoms with Crippen LogP contribution in [0.3, 0.4) is 0 Å². The van der Waals surface area contributed by atoms with Crippen LogP contribution >= 0.6 is 15.9 Å². The van der Waals surface area contributed by atoms with E-state index in [1.54, 1.807) is 0 Å². The highest BCUT2D eigenvalue weighted by molar-refractivity contribution is 9.10. The van der Waals surface area contributed by atoms with Crippen molar-refractivity contribution in [1.29, 1.82) is 0 Å². The Kier molecular flexibility index (Phi) is 4.04. The maximum atomic E-state index is 11.7. The van der Waals surface area contributed by atoms with Crippen LogP contribution in [-0.4, -0.2) is 24.3 Å². The molecule has 1 heterocycles. The SMILES string of the molecule is CC(C)(C)OC(=O)N[C@@H]1CNc2ccc(Br)cc2C1. The van der Waals surface area contributed by atoms with E-state index < -0.39 is 5.60 Å². The van der Waals surface area contributed by atoms with Crippen molar-refractivity contribution in [3.05, 3.63) is 28.2 Å². The zero-order valence-corrected chi connectivity index (χ0v) is 13.0. The van der Waals surface area contributed by atoms with E-state index in [2.05, 4.69) is 32.6 Å². The fourth-order valence-electron chi connectivity index (χ4n) is 2.05. The lowest BCUT2D eigenvalue weighted by atomic mass is 10.00. The van der Waals surface area contributed by atoms with Crippen LogP contribution in [0.5, 0.6) is 0 Å². The fraction of sp³-hybridized carbons (Fsp3) is 0.500. The van der Waals surface area contributed by atoms with Gasteiger partial charge in [-0.2, -0.15) is 0 Å². The van der Waals surface area contributed by atoms with Crippen molar-refractivity contribution in [2.75, 3.05) is 11.9 Å². The summed E-state index contributed by atoms with van der Waals surface area (Å²) in [4.78, 5) is 11.7. The Morgan fingerprint density at radius 3 is 2.89 bits per heavy atom. The summed E-state index contributed by atoms with van der Waals surface area (Å²) in [6.45, 7) is 6.29. The maximum Gasteiger partial charge on any atom is 0.407 e. The molecule has 0 aliphatic carbocycles. The molecule has 0 unspecified atom stereocenters. The number of anilines is 1. The lowest BCUT2D eigenvalue weighted by Crippen LogP contribution is -2.45. The molecule has 2 rings (SSSR count).